The van der Waals surface area contributed by atoms with Gasteiger partial charge in [0.15, 0.2) is 0 Å². The first kappa shape index (κ1) is 19.7. The summed E-state index contributed by atoms with van der Waals surface area (Å²) in [4.78, 5) is 11.8. The standard InChI is InChI=1S/C17H22N6.2ClH/c1-13-4-3-5-16-20-14(12-23(13)16)11-22-9-6-18-10-15(22)17-19-7-8-21(17)2;;/h3-5,7-8,12,15,18H,6,9-11H2,1-2H3;2*1H. The van der Waals surface area contributed by atoms with Crippen molar-refractivity contribution in [1.82, 2.24) is 29.2 Å². The highest BCUT2D eigenvalue weighted by molar-refractivity contribution is 5.85. The third kappa shape index (κ3) is 3.82. The van der Waals surface area contributed by atoms with E-state index < -0.39 is 0 Å². The Morgan fingerprint density at radius 3 is 2.84 bits per heavy atom. The quantitative estimate of drug-likeness (QED) is 0.755. The number of rotatable bonds is 3. The summed E-state index contributed by atoms with van der Waals surface area (Å²) in [6, 6.07) is 6.52. The number of fused-ring (bicyclic) bond motifs is 1. The smallest absolute Gasteiger partial charge is 0.137 e. The van der Waals surface area contributed by atoms with E-state index in [9.17, 15) is 0 Å². The molecule has 3 aromatic rings. The molecule has 0 spiro atoms. The van der Waals surface area contributed by atoms with Gasteiger partial charge in [-0.3, -0.25) is 4.90 Å². The van der Waals surface area contributed by atoms with Crippen molar-refractivity contribution < 1.29 is 0 Å². The molecule has 0 saturated carbocycles. The van der Waals surface area contributed by atoms with Crippen LogP contribution in [-0.4, -0.2) is 43.5 Å². The number of aryl methyl sites for hydroxylation is 2. The zero-order valence-corrected chi connectivity index (χ0v) is 16.1. The summed E-state index contributed by atoms with van der Waals surface area (Å²) in [7, 11) is 2.06. The summed E-state index contributed by atoms with van der Waals surface area (Å²) in [5.41, 5.74) is 3.34. The molecule has 136 valence electrons. The number of hydrogen-bond donors (Lipinski definition) is 1. The van der Waals surface area contributed by atoms with E-state index in [4.69, 9.17) is 4.98 Å². The molecule has 0 bridgehead atoms. The Hall–Kier alpha value is -1.60. The van der Waals surface area contributed by atoms with Crippen molar-refractivity contribution in [2.24, 2.45) is 7.05 Å². The number of halogens is 2. The minimum absolute atomic E-state index is 0. The van der Waals surface area contributed by atoms with Crippen LogP contribution in [0.15, 0.2) is 36.8 Å². The molecule has 6 nitrogen and oxygen atoms in total. The second-order valence-corrected chi connectivity index (χ2v) is 6.21. The molecule has 0 radical (unpaired) electrons. The highest BCUT2D eigenvalue weighted by Crippen LogP contribution is 2.22. The topological polar surface area (TPSA) is 50.4 Å². The van der Waals surface area contributed by atoms with Gasteiger partial charge in [-0.1, -0.05) is 6.07 Å². The van der Waals surface area contributed by atoms with Crippen molar-refractivity contribution in [1.29, 1.82) is 0 Å². The lowest BCUT2D eigenvalue weighted by Crippen LogP contribution is -2.46. The summed E-state index contributed by atoms with van der Waals surface area (Å²) in [6.07, 6.45) is 6.04. The first-order chi connectivity index (χ1) is 11.2. The van der Waals surface area contributed by atoms with Gasteiger partial charge in [0.25, 0.3) is 0 Å². The van der Waals surface area contributed by atoms with Gasteiger partial charge < -0.3 is 14.3 Å². The summed E-state index contributed by atoms with van der Waals surface area (Å²) < 4.78 is 4.27. The van der Waals surface area contributed by atoms with E-state index in [0.29, 0.717) is 0 Å². The van der Waals surface area contributed by atoms with Gasteiger partial charge in [-0.2, -0.15) is 0 Å². The van der Waals surface area contributed by atoms with Crippen LogP contribution in [0.3, 0.4) is 0 Å². The molecule has 1 aliphatic rings. The molecular formula is C17H24Cl2N6. The zero-order chi connectivity index (χ0) is 15.8. The van der Waals surface area contributed by atoms with Crippen molar-refractivity contribution in [3.05, 3.63) is 54.0 Å². The van der Waals surface area contributed by atoms with Gasteiger partial charge in [0.1, 0.15) is 11.5 Å². The maximum Gasteiger partial charge on any atom is 0.137 e. The Balaban J connectivity index is 0.00000113. The Morgan fingerprint density at radius 1 is 1.28 bits per heavy atom. The van der Waals surface area contributed by atoms with Crippen molar-refractivity contribution >= 4 is 30.5 Å². The molecule has 1 saturated heterocycles. The van der Waals surface area contributed by atoms with Crippen molar-refractivity contribution in [3.8, 4) is 0 Å². The zero-order valence-electron chi connectivity index (χ0n) is 14.4. The van der Waals surface area contributed by atoms with E-state index >= 15 is 0 Å². The lowest BCUT2D eigenvalue weighted by Gasteiger charge is -2.35. The van der Waals surface area contributed by atoms with Crippen molar-refractivity contribution in [3.63, 3.8) is 0 Å². The Kier molecular flexibility index (Phi) is 6.46. The van der Waals surface area contributed by atoms with Crippen molar-refractivity contribution in [2.45, 2.75) is 19.5 Å². The number of nitrogens with one attached hydrogen (secondary N) is 1. The van der Waals surface area contributed by atoms with Crippen LogP contribution in [0.5, 0.6) is 0 Å². The van der Waals surface area contributed by atoms with Crippen molar-refractivity contribution in [2.75, 3.05) is 19.6 Å². The molecule has 1 fully saturated rings. The predicted molar refractivity (Wildman–Crippen MR) is 104 cm³/mol. The van der Waals surface area contributed by atoms with E-state index in [-0.39, 0.29) is 30.9 Å². The second kappa shape index (κ2) is 8.19. The third-order valence-electron chi connectivity index (χ3n) is 4.62. The Labute approximate surface area is 160 Å². The summed E-state index contributed by atoms with van der Waals surface area (Å²) in [5, 5.41) is 3.48. The average Bonchev–Trinajstić information content (AvgIpc) is 3.15. The fraction of sp³-hybridized carbons (Fsp3) is 0.412. The Morgan fingerprint density at radius 2 is 2.12 bits per heavy atom. The summed E-state index contributed by atoms with van der Waals surface area (Å²) in [5.74, 6) is 1.11. The number of aromatic nitrogens is 4. The average molecular weight is 383 g/mol. The minimum atomic E-state index is 0. The largest absolute Gasteiger partial charge is 0.337 e. The molecule has 0 aliphatic carbocycles. The predicted octanol–water partition coefficient (Wildman–Crippen LogP) is 2.37. The van der Waals surface area contributed by atoms with Gasteiger partial charge in [0, 0.05) is 57.5 Å². The van der Waals surface area contributed by atoms with Gasteiger partial charge >= 0.3 is 0 Å². The van der Waals surface area contributed by atoms with Crippen LogP contribution in [0, 0.1) is 6.92 Å². The van der Waals surface area contributed by atoms with E-state index in [1.54, 1.807) is 0 Å². The number of nitrogens with zero attached hydrogens (tertiary/aromatic N) is 5. The van der Waals surface area contributed by atoms with E-state index in [2.05, 4.69) is 62.5 Å². The van der Waals surface area contributed by atoms with Gasteiger partial charge in [-0.15, -0.1) is 24.8 Å². The monoisotopic (exact) mass is 382 g/mol. The van der Waals surface area contributed by atoms with Gasteiger partial charge in [0.05, 0.1) is 11.7 Å². The van der Waals surface area contributed by atoms with Crippen LogP contribution in [0.25, 0.3) is 5.65 Å². The van der Waals surface area contributed by atoms with Crippen LogP contribution >= 0.6 is 24.8 Å². The van der Waals surface area contributed by atoms with Crippen LogP contribution in [-0.2, 0) is 13.6 Å². The molecule has 25 heavy (non-hydrogen) atoms. The van der Waals surface area contributed by atoms with E-state index in [1.807, 2.05) is 12.4 Å². The molecule has 1 atom stereocenters. The number of imidazole rings is 2. The molecule has 4 heterocycles. The summed E-state index contributed by atoms with van der Waals surface area (Å²) >= 11 is 0. The van der Waals surface area contributed by atoms with E-state index in [1.165, 1.54) is 5.69 Å². The van der Waals surface area contributed by atoms with E-state index in [0.717, 1.165) is 43.3 Å². The second-order valence-electron chi connectivity index (χ2n) is 6.21. The molecule has 0 amide bonds. The summed E-state index contributed by atoms with van der Waals surface area (Å²) in [6.45, 7) is 5.90. The molecule has 1 unspecified atom stereocenters. The highest BCUT2D eigenvalue weighted by Gasteiger charge is 2.27. The van der Waals surface area contributed by atoms with Gasteiger partial charge in [0.2, 0.25) is 0 Å². The lowest BCUT2D eigenvalue weighted by molar-refractivity contribution is 0.143. The fourth-order valence-corrected chi connectivity index (χ4v) is 3.37. The lowest BCUT2D eigenvalue weighted by atomic mass is 10.1. The first-order valence-electron chi connectivity index (χ1n) is 8.08. The van der Waals surface area contributed by atoms with Gasteiger partial charge in [-0.25, -0.2) is 9.97 Å². The minimum Gasteiger partial charge on any atom is -0.337 e. The third-order valence-corrected chi connectivity index (χ3v) is 4.62. The fourth-order valence-electron chi connectivity index (χ4n) is 3.37. The van der Waals surface area contributed by atoms with Crippen LogP contribution in [0.4, 0.5) is 0 Å². The van der Waals surface area contributed by atoms with Crippen LogP contribution in [0.2, 0.25) is 0 Å². The molecule has 1 aliphatic heterocycles. The SMILES string of the molecule is Cc1cccc2nc(CN3CCNCC3c3nccn3C)cn12.Cl.Cl. The maximum atomic E-state index is 4.78. The first-order valence-corrected chi connectivity index (χ1v) is 8.08. The normalized spacial score (nSPS) is 17.9. The number of piperazine rings is 1. The van der Waals surface area contributed by atoms with Crippen LogP contribution in [0.1, 0.15) is 23.3 Å². The highest BCUT2D eigenvalue weighted by atomic mass is 35.5. The molecule has 1 N–H and O–H groups in total. The molecule has 8 heteroatoms. The van der Waals surface area contributed by atoms with Crippen LogP contribution < -0.4 is 5.32 Å². The number of pyridine rings is 1. The number of hydrogen-bond acceptors (Lipinski definition) is 4. The molecule has 3 aromatic heterocycles. The Bertz CT molecular complexity index is 828. The maximum absolute atomic E-state index is 4.78. The molecule has 4 rings (SSSR count). The molecule has 0 aromatic carbocycles. The molecular weight excluding hydrogens is 359 g/mol. The van der Waals surface area contributed by atoms with Gasteiger partial charge in [-0.05, 0) is 19.1 Å².